The fraction of sp³-hybridized carbons (Fsp3) is 0.571. The monoisotopic (exact) mass is 262 g/mol. The van der Waals surface area contributed by atoms with Gasteiger partial charge in [0.15, 0.2) is 0 Å². The lowest BCUT2D eigenvalue weighted by Gasteiger charge is -2.30. The first-order chi connectivity index (χ1) is 9.09. The summed E-state index contributed by atoms with van der Waals surface area (Å²) in [6, 6.07) is 3.65. The van der Waals surface area contributed by atoms with E-state index in [-0.39, 0.29) is 11.4 Å². The highest BCUT2D eigenvalue weighted by atomic mass is 16.1. The number of hydrogen-bond donors (Lipinski definition) is 3. The molecule has 0 aliphatic heterocycles. The first-order valence-electron chi connectivity index (χ1n) is 6.81. The van der Waals surface area contributed by atoms with Crippen LogP contribution in [0, 0.1) is 5.92 Å². The van der Waals surface area contributed by atoms with Gasteiger partial charge in [-0.25, -0.2) is 0 Å². The Morgan fingerprint density at radius 3 is 2.89 bits per heavy atom. The van der Waals surface area contributed by atoms with Crippen LogP contribution in [0.3, 0.4) is 0 Å². The van der Waals surface area contributed by atoms with Gasteiger partial charge in [-0.05, 0) is 44.7 Å². The Morgan fingerprint density at radius 1 is 1.58 bits per heavy atom. The molecule has 0 radical (unpaired) electrons. The number of carbonyl (C=O) groups is 1. The van der Waals surface area contributed by atoms with E-state index in [1.54, 1.807) is 12.3 Å². The Kier molecular flexibility index (Phi) is 4.04. The van der Waals surface area contributed by atoms with Crippen LogP contribution < -0.4 is 16.4 Å². The highest BCUT2D eigenvalue weighted by Gasteiger charge is 2.40. The van der Waals surface area contributed by atoms with Crippen molar-refractivity contribution in [1.82, 2.24) is 10.3 Å². The normalized spacial score (nSPS) is 17.6. The minimum atomic E-state index is -0.146. The number of pyridine rings is 1. The fourth-order valence-electron chi connectivity index (χ4n) is 2.25. The van der Waals surface area contributed by atoms with Crippen molar-refractivity contribution in [3.8, 4) is 0 Å². The molecule has 1 atom stereocenters. The van der Waals surface area contributed by atoms with Crippen LogP contribution in [0.25, 0.3) is 0 Å². The number of anilines is 1. The molecule has 2 rings (SSSR count). The molecule has 104 valence electrons. The molecule has 0 aromatic carbocycles. The number of nitrogens with two attached hydrogens (primary N) is 1. The molecule has 1 heterocycles. The Labute approximate surface area is 114 Å². The van der Waals surface area contributed by atoms with Gasteiger partial charge in [-0.2, -0.15) is 0 Å². The third-order valence-corrected chi connectivity index (χ3v) is 3.66. The zero-order valence-corrected chi connectivity index (χ0v) is 11.6. The van der Waals surface area contributed by atoms with Crippen molar-refractivity contribution in [3.63, 3.8) is 0 Å². The molecular weight excluding hydrogens is 240 g/mol. The molecule has 1 saturated carbocycles. The molecule has 0 saturated heterocycles. The first-order valence-corrected chi connectivity index (χ1v) is 6.81. The summed E-state index contributed by atoms with van der Waals surface area (Å²) in [6.07, 6.45) is 4.08. The molecule has 19 heavy (non-hydrogen) atoms. The maximum Gasteiger partial charge on any atom is 0.269 e. The summed E-state index contributed by atoms with van der Waals surface area (Å²) in [7, 11) is 0. The molecule has 1 fully saturated rings. The summed E-state index contributed by atoms with van der Waals surface area (Å²) in [4.78, 5) is 15.8. The number of nitrogens with one attached hydrogen (secondary N) is 2. The van der Waals surface area contributed by atoms with Crippen molar-refractivity contribution in [2.24, 2.45) is 11.7 Å². The van der Waals surface area contributed by atoms with Crippen molar-refractivity contribution < 1.29 is 4.79 Å². The third kappa shape index (κ3) is 3.23. The van der Waals surface area contributed by atoms with E-state index in [1.807, 2.05) is 13.0 Å². The molecule has 4 N–H and O–H groups in total. The van der Waals surface area contributed by atoms with Crippen LogP contribution >= 0.6 is 0 Å². The molecule has 5 heteroatoms. The number of hydrogen-bond acceptors (Lipinski definition) is 4. The Balaban J connectivity index is 2.12. The zero-order valence-electron chi connectivity index (χ0n) is 11.6. The average molecular weight is 262 g/mol. The molecule has 1 aliphatic carbocycles. The highest BCUT2D eigenvalue weighted by Crippen LogP contribution is 2.40. The minimum absolute atomic E-state index is 0.0974. The Bertz CT molecular complexity index is 459. The van der Waals surface area contributed by atoms with Crippen LogP contribution in [-0.4, -0.2) is 29.5 Å². The van der Waals surface area contributed by atoms with Gasteiger partial charge < -0.3 is 16.4 Å². The highest BCUT2D eigenvalue weighted by molar-refractivity contribution is 5.93. The first kappa shape index (κ1) is 13.8. The van der Waals surface area contributed by atoms with E-state index in [4.69, 9.17) is 5.73 Å². The van der Waals surface area contributed by atoms with Crippen LogP contribution in [0.1, 0.15) is 37.2 Å². The number of amides is 1. The van der Waals surface area contributed by atoms with Crippen molar-refractivity contribution >= 4 is 11.6 Å². The molecule has 1 aromatic rings. The number of rotatable bonds is 6. The van der Waals surface area contributed by atoms with E-state index in [1.165, 1.54) is 12.8 Å². The molecule has 0 spiro atoms. The largest absolute Gasteiger partial charge is 0.378 e. The van der Waals surface area contributed by atoms with E-state index in [0.29, 0.717) is 24.7 Å². The predicted molar refractivity (Wildman–Crippen MR) is 76.1 cm³/mol. The number of nitrogens with zero attached hydrogens (tertiary/aromatic N) is 1. The summed E-state index contributed by atoms with van der Waals surface area (Å²) in [5.41, 5.74) is 7.12. The second-order valence-corrected chi connectivity index (χ2v) is 5.31. The third-order valence-electron chi connectivity index (χ3n) is 3.66. The average Bonchev–Trinajstić information content (AvgIpc) is 3.24. The molecule has 1 aliphatic rings. The van der Waals surface area contributed by atoms with Gasteiger partial charge in [-0.15, -0.1) is 0 Å². The summed E-state index contributed by atoms with van der Waals surface area (Å²) < 4.78 is 0. The van der Waals surface area contributed by atoms with Gasteiger partial charge in [0.1, 0.15) is 5.69 Å². The predicted octanol–water partition coefficient (Wildman–Crippen LogP) is 1.37. The molecular formula is C14H22N4O. The zero-order chi connectivity index (χ0) is 13.9. The quantitative estimate of drug-likeness (QED) is 0.723. The maximum atomic E-state index is 11.8. The summed E-state index contributed by atoms with van der Waals surface area (Å²) in [5.74, 6) is 0.477. The molecule has 1 amide bonds. The molecule has 0 bridgehead atoms. The van der Waals surface area contributed by atoms with E-state index < -0.39 is 0 Å². The van der Waals surface area contributed by atoms with Gasteiger partial charge in [0.25, 0.3) is 5.91 Å². The van der Waals surface area contributed by atoms with Crippen LogP contribution in [0.15, 0.2) is 18.3 Å². The van der Waals surface area contributed by atoms with Crippen molar-refractivity contribution in [2.45, 2.75) is 32.2 Å². The van der Waals surface area contributed by atoms with E-state index in [9.17, 15) is 4.79 Å². The fourth-order valence-corrected chi connectivity index (χ4v) is 2.25. The summed E-state index contributed by atoms with van der Waals surface area (Å²) in [6.45, 7) is 5.20. The van der Waals surface area contributed by atoms with Crippen LogP contribution in [-0.2, 0) is 0 Å². The van der Waals surface area contributed by atoms with E-state index in [0.717, 1.165) is 5.69 Å². The standard InChI is InChI=1S/C14H22N4O/c1-3-16-13(19)12-8-11(6-7-17-12)18-14(2,9-15)10-4-5-10/h6-8,10H,3-5,9,15H2,1-2H3,(H,16,19)(H,17,18). The van der Waals surface area contributed by atoms with Gasteiger partial charge in [-0.1, -0.05) is 0 Å². The topological polar surface area (TPSA) is 80.0 Å². The lowest BCUT2D eigenvalue weighted by molar-refractivity contribution is 0.0951. The smallest absolute Gasteiger partial charge is 0.269 e. The summed E-state index contributed by atoms with van der Waals surface area (Å²) in [5, 5.41) is 6.21. The van der Waals surface area contributed by atoms with Gasteiger partial charge in [0.05, 0.1) is 0 Å². The Morgan fingerprint density at radius 2 is 2.32 bits per heavy atom. The van der Waals surface area contributed by atoms with Crippen molar-refractivity contribution in [3.05, 3.63) is 24.0 Å². The minimum Gasteiger partial charge on any atom is -0.378 e. The molecule has 5 nitrogen and oxygen atoms in total. The Hall–Kier alpha value is -1.62. The second kappa shape index (κ2) is 5.57. The maximum absolute atomic E-state index is 11.8. The lowest BCUT2D eigenvalue weighted by atomic mass is 9.95. The second-order valence-electron chi connectivity index (χ2n) is 5.31. The lowest BCUT2D eigenvalue weighted by Crippen LogP contribution is -2.44. The van der Waals surface area contributed by atoms with Gasteiger partial charge in [0.2, 0.25) is 0 Å². The van der Waals surface area contributed by atoms with Gasteiger partial charge in [0, 0.05) is 30.5 Å². The van der Waals surface area contributed by atoms with Crippen LogP contribution in [0.5, 0.6) is 0 Å². The van der Waals surface area contributed by atoms with Gasteiger partial charge in [-0.3, -0.25) is 9.78 Å². The van der Waals surface area contributed by atoms with Crippen molar-refractivity contribution in [1.29, 1.82) is 0 Å². The number of aromatic nitrogens is 1. The van der Waals surface area contributed by atoms with Crippen LogP contribution in [0.4, 0.5) is 5.69 Å². The van der Waals surface area contributed by atoms with Crippen molar-refractivity contribution in [2.75, 3.05) is 18.4 Å². The van der Waals surface area contributed by atoms with Crippen LogP contribution in [0.2, 0.25) is 0 Å². The van der Waals surface area contributed by atoms with E-state index in [2.05, 4.69) is 22.5 Å². The van der Waals surface area contributed by atoms with E-state index >= 15 is 0 Å². The molecule has 1 unspecified atom stereocenters. The summed E-state index contributed by atoms with van der Waals surface area (Å²) >= 11 is 0. The number of carbonyl (C=O) groups excluding carboxylic acids is 1. The molecule has 1 aromatic heterocycles. The van der Waals surface area contributed by atoms with Gasteiger partial charge >= 0.3 is 0 Å². The SMILES string of the molecule is CCNC(=O)c1cc(NC(C)(CN)C2CC2)ccn1.